The number of methoxy groups -OCH3 is 1. The minimum atomic E-state index is -0.694. The molecule has 21 heavy (non-hydrogen) atoms. The molecular formula is C14H17N3O4. The van der Waals surface area contributed by atoms with Gasteiger partial charge in [0.25, 0.3) is 0 Å². The van der Waals surface area contributed by atoms with E-state index in [-0.39, 0.29) is 23.3 Å². The molecule has 0 bridgehead atoms. The number of aldehydes is 1. The van der Waals surface area contributed by atoms with Gasteiger partial charge in [0.05, 0.1) is 13.0 Å². The Morgan fingerprint density at radius 3 is 2.71 bits per heavy atom. The van der Waals surface area contributed by atoms with Crippen LogP contribution in [0.3, 0.4) is 0 Å². The number of carboxylic acids is 1. The zero-order chi connectivity index (χ0) is 15.0. The maximum Gasteiger partial charge on any atom is 0.306 e. The summed E-state index contributed by atoms with van der Waals surface area (Å²) in [5.41, 5.74) is 0.497. The predicted molar refractivity (Wildman–Crippen MR) is 73.4 cm³/mol. The topological polar surface area (TPSA) is 101 Å². The van der Waals surface area contributed by atoms with Gasteiger partial charge in [0, 0.05) is 6.04 Å². The van der Waals surface area contributed by atoms with Crippen molar-refractivity contribution in [2.75, 3.05) is 12.4 Å². The number of carboxylic acid groups (broad SMARTS) is 1. The SMILES string of the molecule is COc1ncnc(NC2CC3(C2)CC(C(=O)O)C3)c1C=O. The van der Waals surface area contributed by atoms with Crippen LogP contribution in [0.2, 0.25) is 0 Å². The molecule has 1 aromatic rings. The van der Waals surface area contributed by atoms with Crippen LogP contribution in [0.5, 0.6) is 5.88 Å². The van der Waals surface area contributed by atoms with Crippen molar-refractivity contribution in [2.45, 2.75) is 31.7 Å². The van der Waals surface area contributed by atoms with Gasteiger partial charge in [-0.25, -0.2) is 9.97 Å². The van der Waals surface area contributed by atoms with Crippen molar-refractivity contribution in [1.82, 2.24) is 9.97 Å². The summed E-state index contributed by atoms with van der Waals surface area (Å²) in [5.74, 6) is -0.145. The molecule has 0 atom stereocenters. The highest BCUT2D eigenvalue weighted by Crippen LogP contribution is 2.59. The van der Waals surface area contributed by atoms with Crippen molar-refractivity contribution in [2.24, 2.45) is 11.3 Å². The zero-order valence-corrected chi connectivity index (χ0v) is 11.7. The molecule has 112 valence electrons. The molecule has 2 N–H and O–H groups in total. The zero-order valence-electron chi connectivity index (χ0n) is 11.7. The fourth-order valence-electron chi connectivity index (χ4n) is 3.54. The van der Waals surface area contributed by atoms with Crippen molar-refractivity contribution in [1.29, 1.82) is 0 Å². The number of aromatic nitrogens is 2. The average Bonchev–Trinajstić information content (AvgIpc) is 2.38. The van der Waals surface area contributed by atoms with Gasteiger partial charge in [-0.1, -0.05) is 0 Å². The summed E-state index contributed by atoms with van der Waals surface area (Å²) in [6.45, 7) is 0. The Balaban J connectivity index is 1.61. The molecule has 0 saturated heterocycles. The van der Waals surface area contributed by atoms with Crippen LogP contribution in [0.1, 0.15) is 36.0 Å². The van der Waals surface area contributed by atoms with E-state index in [2.05, 4.69) is 15.3 Å². The third-order valence-corrected chi connectivity index (χ3v) is 4.57. The van der Waals surface area contributed by atoms with Crippen LogP contribution >= 0.6 is 0 Å². The molecular weight excluding hydrogens is 274 g/mol. The van der Waals surface area contributed by atoms with Gasteiger partial charge >= 0.3 is 5.97 Å². The predicted octanol–water partition coefficient (Wildman–Crippen LogP) is 1.35. The van der Waals surface area contributed by atoms with Gasteiger partial charge in [0.2, 0.25) is 5.88 Å². The molecule has 3 rings (SSSR count). The van der Waals surface area contributed by atoms with Gasteiger partial charge in [-0.2, -0.15) is 0 Å². The largest absolute Gasteiger partial charge is 0.481 e. The third-order valence-electron chi connectivity index (χ3n) is 4.57. The summed E-state index contributed by atoms with van der Waals surface area (Å²) in [6.07, 6.45) is 5.39. The van der Waals surface area contributed by atoms with Crippen molar-refractivity contribution in [3.8, 4) is 5.88 Å². The minimum absolute atomic E-state index is 0.180. The van der Waals surface area contributed by atoms with E-state index in [1.54, 1.807) is 0 Å². The molecule has 1 aromatic heterocycles. The van der Waals surface area contributed by atoms with Crippen molar-refractivity contribution in [3.63, 3.8) is 0 Å². The number of hydrogen-bond donors (Lipinski definition) is 2. The third kappa shape index (κ3) is 2.32. The molecule has 2 aliphatic rings. The van der Waals surface area contributed by atoms with Crippen LogP contribution in [0, 0.1) is 11.3 Å². The molecule has 7 nitrogen and oxygen atoms in total. The average molecular weight is 291 g/mol. The molecule has 0 amide bonds. The highest BCUT2D eigenvalue weighted by atomic mass is 16.5. The first-order chi connectivity index (χ1) is 10.1. The summed E-state index contributed by atoms with van der Waals surface area (Å²) in [7, 11) is 1.46. The van der Waals surface area contributed by atoms with Crippen LogP contribution in [0.15, 0.2) is 6.33 Å². The first-order valence-corrected chi connectivity index (χ1v) is 6.90. The number of carbonyl (C=O) groups excluding carboxylic acids is 1. The number of ether oxygens (including phenoxy) is 1. The Hall–Kier alpha value is -2.18. The van der Waals surface area contributed by atoms with Crippen LogP contribution in [0.4, 0.5) is 5.82 Å². The molecule has 2 saturated carbocycles. The Morgan fingerprint density at radius 1 is 1.43 bits per heavy atom. The van der Waals surface area contributed by atoms with Crippen molar-refractivity contribution >= 4 is 18.1 Å². The normalized spacial score (nSPS) is 30.1. The van der Waals surface area contributed by atoms with Gasteiger partial charge in [0.15, 0.2) is 6.29 Å². The van der Waals surface area contributed by atoms with Crippen molar-refractivity contribution < 1.29 is 19.4 Å². The van der Waals surface area contributed by atoms with E-state index < -0.39 is 5.97 Å². The van der Waals surface area contributed by atoms with E-state index in [0.717, 1.165) is 25.7 Å². The van der Waals surface area contributed by atoms with Gasteiger partial charge < -0.3 is 15.2 Å². The van der Waals surface area contributed by atoms with E-state index in [9.17, 15) is 9.59 Å². The number of nitrogens with zero attached hydrogens (tertiary/aromatic N) is 2. The summed E-state index contributed by atoms with van der Waals surface area (Å²) in [5, 5.41) is 12.2. The minimum Gasteiger partial charge on any atom is -0.481 e. The second kappa shape index (κ2) is 4.98. The standard InChI is InChI=1S/C14H17N3O4/c1-21-12-10(6-18)11(15-7-16-12)17-9-4-14(5-9)2-8(3-14)13(19)20/h6-9H,2-5H2,1H3,(H,19,20)(H,15,16,17). The Labute approximate surface area is 121 Å². The maximum absolute atomic E-state index is 11.1. The lowest BCUT2D eigenvalue weighted by molar-refractivity contribution is -0.154. The number of anilines is 1. The van der Waals surface area contributed by atoms with Crippen LogP contribution in [-0.2, 0) is 4.79 Å². The number of nitrogens with one attached hydrogen (secondary N) is 1. The second-order valence-corrected chi connectivity index (χ2v) is 5.96. The summed E-state index contributed by atoms with van der Waals surface area (Å²) in [6, 6.07) is 0.220. The molecule has 7 heteroatoms. The molecule has 0 aliphatic heterocycles. The van der Waals surface area contributed by atoms with Gasteiger partial charge in [0.1, 0.15) is 17.7 Å². The van der Waals surface area contributed by atoms with Crippen LogP contribution in [-0.4, -0.2) is 40.5 Å². The van der Waals surface area contributed by atoms with Gasteiger partial charge in [-0.3, -0.25) is 9.59 Å². The number of rotatable bonds is 5. The van der Waals surface area contributed by atoms with Crippen LogP contribution in [0.25, 0.3) is 0 Å². The first-order valence-electron chi connectivity index (χ1n) is 6.90. The number of aliphatic carboxylic acids is 1. The summed E-state index contributed by atoms with van der Waals surface area (Å²) < 4.78 is 5.04. The lowest BCUT2D eigenvalue weighted by Gasteiger charge is -2.56. The summed E-state index contributed by atoms with van der Waals surface area (Å²) in [4.78, 5) is 30.0. The second-order valence-electron chi connectivity index (χ2n) is 5.96. The maximum atomic E-state index is 11.1. The van der Waals surface area contributed by atoms with E-state index >= 15 is 0 Å². The van der Waals surface area contributed by atoms with E-state index in [1.165, 1.54) is 13.4 Å². The fraction of sp³-hybridized carbons (Fsp3) is 0.571. The Bertz CT molecular complexity index is 576. The Morgan fingerprint density at radius 2 is 2.14 bits per heavy atom. The van der Waals surface area contributed by atoms with Gasteiger partial charge in [-0.05, 0) is 31.1 Å². The molecule has 1 spiro atoms. The lowest BCUT2D eigenvalue weighted by Crippen LogP contribution is -2.54. The number of carbonyl (C=O) groups is 2. The Kier molecular flexibility index (Phi) is 3.27. The van der Waals surface area contributed by atoms with Crippen molar-refractivity contribution in [3.05, 3.63) is 11.9 Å². The summed E-state index contributed by atoms with van der Waals surface area (Å²) >= 11 is 0. The molecule has 0 radical (unpaired) electrons. The highest BCUT2D eigenvalue weighted by Gasteiger charge is 2.55. The van der Waals surface area contributed by atoms with Gasteiger partial charge in [-0.15, -0.1) is 0 Å². The lowest BCUT2D eigenvalue weighted by atomic mass is 9.50. The number of hydrogen-bond acceptors (Lipinski definition) is 6. The first kappa shape index (κ1) is 13.8. The molecule has 0 unspecified atom stereocenters. The molecule has 2 fully saturated rings. The van der Waals surface area contributed by atoms with E-state index in [1.807, 2.05) is 0 Å². The van der Waals surface area contributed by atoms with E-state index in [0.29, 0.717) is 17.7 Å². The smallest absolute Gasteiger partial charge is 0.306 e. The van der Waals surface area contributed by atoms with E-state index in [4.69, 9.17) is 9.84 Å². The quantitative estimate of drug-likeness (QED) is 0.789. The molecule has 1 heterocycles. The highest BCUT2D eigenvalue weighted by molar-refractivity contribution is 5.85. The molecule has 2 aliphatic carbocycles. The van der Waals surface area contributed by atoms with Crippen LogP contribution < -0.4 is 10.1 Å². The molecule has 0 aromatic carbocycles. The monoisotopic (exact) mass is 291 g/mol. The fourth-order valence-corrected chi connectivity index (χ4v) is 3.54.